The largest absolute Gasteiger partial charge is 0.476 e. The van der Waals surface area contributed by atoms with E-state index < -0.39 is 17.9 Å². The second-order valence-corrected chi connectivity index (χ2v) is 10.0. The minimum absolute atomic E-state index is 0.0156. The predicted octanol–water partition coefficient (Wildman–Crippen LogP) is 6.22. The Morgan fingerprint density at radius 2 is 1.42 bits per heavy atom. The molecule has 0 aliphatic heterocycles. The summed E-state index contributed by atoms with van der Waals surface area (Å²) < 4.78 is 16.3. The summed E-state index contributed by atoms with van der Waals surface area (Å²) in [6.45, 7) is 14.9. The van der Waals surface area contributed by atoms with E-state index in [-0.39, 0.29) is 56.7 Å². The van der Waals surface area contributed by atoms with E-state index in [1.54, 1.807) is 19.2 Å². The summed E-state index contributed by atoms with van der Waals surface area (Å²) in [4.78, 5) is 30.2. The summed E-state index contributed by atoms with van der Waals surface area (Å²) in [7, 11) is 4.05. The van der Waals surface area contributed by atoms with Gasteiger partial charge in [-0.15, -0.1) is 23.8 Å². The van der Waals surface area contributed by atoms with Crippen molar-refractivity contribution in [1.82, 2.24) is 0 Å². The van der Waals surface area contributed by atoms with Crippen molar-refractivity contribution in [3.8, 4) is 30.2 Å². The SMILES string of the molecule is [C-]#[N+]/C(C#N)=C(/C(C#N)=C/C=C/c1oc(O)c(/C=C/C=C/C(C#N)=C(/c2ccc(C(=O)OC)cc2)[C-](C#N)[N+]#[C-])[n+]1C)c1ccc(C(=O)OC)cc1. The molecule has 0 bridgehead atoms. The van der Waals surface area contributed by atoms with Gasteiger partial charge >= 0.3 is 23.8 Å². The Balaban J connectivity index is 1.95. The van der Waals surface area contributed by atoms with Crippen molar-refractivity contribution in [2.24, 2.45) is 7.05 Å². The van der Waals surface area contributed by atoms with Gasteiger partial charge < -0.3 is 19.0 Å². The molecule has 1 heterocycles. The lowest BCUT2D eigenvalue weighted by atomic mass is 9.93. The van der Waals surface area contributed by atoms with E-state index in [1.807, 2.05) is 12.1 Å². The van der Waals surface area contributed by atoms with Crippen LogP contribution in [0.4, 0.5) is 0 Å². The molecule has 1 N–H and O–H groups in total. The van der Waals surface area contributed by atoms with Crippen LogP contribution in [0.15, 0.2) is 100 Å². The Morgan fingerprint density at radius 1 is 0.846 bits per heavy atom. The molecule has 0 fully saturated rings. The van der Waals surface area contributed by atoms with Gasteiger partial charge in [0.15, 0.2) is 0 Å². The van der Waals surface area contributed by atoms with Gasteiger partial charge in [0.2, 0.25) is 6.04 Å². The number of oxazole rings is 1. The molecule has 3 aromatic rings. The van der Waals surface area contributed by atoms with Gasteiger partial charge in [-0.1, -0.05) is 48.1 Å². The van der Waals surface area contributed by atoms with Crippen LogP contribution in [-0.2, 0) is 16.5 Å². The molecule has 0 saturated carbocycles. The minimum atomic E-state index is -0.579. The van der Waals surface area contributed by atoms with Crippen molar-refractivity contribution >= 4 is 35.2 Å². The smallest absolute Gasteiger partial charge is 0.376 e. The number of aromatic nitrogens is 1. The number of nitrogens with zero attached hydrogens (tertiary/aromatic N) is 7. The molecule has 0 radical (unpaired) electrons. The van der Waals surface area contributed by atoms with Gasteiger partial charge in [-0.25, -0.2) is 35.1 Å². The summed E-state index contributed by atoms with van der Waals surface area (Å²) in [6.07, 6.45) is 10.0. The maximum absolute atomic E-state index is 11.8. The van der Waals surface area contributed by atoms with Crippen molar-refractivity contribution in [3.05, 3.63) is 158 Å². The molecule has 0 saturated heterocycles. The van der Waals surface area contributed by atoms with Crippen LogP contribution >= 0.6 is 0 Å². The van der Waals surface area contributed by atoms with Crippen LogP contribution in [0, 0.1) is 64.5 Å². The lowest BCUT2D eigenvalue weighted by molar-refractivity contribution is -0.678. The Bertz CT molecular complexity index is 2300. The van der Waals surface area contributed by atoms with E-state index in [4.69, 9.17) is 27.0 Å². The second kappa shape index (κ2) is 18.3. The number of rotatable bonds is 11. The molecule has 13 nitrogen and oxygen atoms in total. The van der Waals surface area contributed by atoms with Gasteiger partial charge in [0.25, 0.3) is 11.4 Å². The number of hydrogen-bond donors (Lipinski definition) is 1. The highest BCUT2D eigenvalue weighted by Crippen LogP contribution is 2.31. The molecule has 0 aliphatic carbocycles. The number of nitriles is 4. The van der Waals surface area contributed by atoms with Gasteiger partial charge in [0.1, 0.15) is 7.05 Å². The average molecular weight is 688 g/mol. The first-order valence-electron chi connectivity index (χ1n) is 14.7. The van der Waals surface area contributed by atoms with Crippen LogP contribution in [0.25, 0.3) is 33.0 Å². The molecule has 0 amide bonds. The van der Waals surface area contributed by atoms with Crippen LogP contribution in [0.5, 0.6) is 5.95 Å². The zero-order valence-corrected chi connectivity index (χ0v) is 27.8. The van der Waals surface area contributed by atoms with E-state index in [1.165, 1.54) is 110 Å². The number of carbonyl (C=O) groups is 2. The highest BCUT2D eigenvalue weighted by atomic mass is 16.5. The molecule has 13 heteroatoms. The molecule has 52 heavy (non-hydrogen) atoms. The first kappa shape index (κ1) is 38.1. The maximum atomic E-state index is 11.8. The minimum Gasteiger partial charge on any atom is -0.476 e. The Hall–Kier alpha value is -8.36. The van der Waals surface area contributed by atoms with Gasteiger partial charge in [0.05, 0.1) is 68.3 Å². The third kappa shape index (κ3) is 8.75. The molecule has 0 unspecified atom stereocenters. The molecule has 1 aromatic heterocycles. The normalized spacial score (nSPS) is 12.0. The number of aromatic hydroxyl groups is 1. The second-order valence-electron chi connectivity index (χ2n) is 10.0. The third-order valence-corrected chi connectivity index (χ3v) is 7.12. The van der Waals surface area contributed by atoms with E-state index in [2.05, 4.69) is 9.69 Å². The fourth-order valence-corrected chi connectivity index (χ4v) is 4.58. The van der Waals surface area contributed by atoms with Crippen LogP contribution in [0.3, 0.4) is 0 Å². The zero-order valence-electron chi connectivity index (χ0n) is 27.8. The topological polar surface area (TPSA) is 194 Å². The molecular weight excluding hydrogens is 662 g/mol. The van der Waals surface area contributed by atoms with Crippen molar-refractivity contribution < 1.29 is 33.2 Å². The Labute approximate surface area is 299 Å². The first-order chi connectivity index (χ1) is 25.1. The number of ether oxygens (including phenoxy) is 2. The molecule has 0 aliphatic rings. The number of methoxy groups -OCH3 is 2. The lowest BCUT2D eigenvalue weighted by Crippen LogP contribution is -2.31. The van der Waals surface area contributed by atoms with Crippen molar-refractivity contribution in [2.45, 2.75) is 0 Å². The monoisotopic (exact) mass is 687 g/mol. The highest BCUT2D eigenvalue weighted by molar-refractivity contribution is 5.93. The zero-order chi connectivity index (χ0) is 38.2. The molecular formula is C39H25N7O6. The van der Waals surface area contributed by atoms with Crippen molar-refractivity contribution in [1.29, 1.82) is 21.0 Å². The van der Waals surface area contributed by atoms with E-state index >= 15 is 0 Å². The number of allylic oxidation sites excluding steroid dienone is 9. The average Bonchev–Trinajstić information content (AvgIpc) is 3.45. The summed E-state index contributed by atoms with van der Waals surface area (Å²) in [5.41, 5.74) is 1.10. The van der Waals surface area contributed by atoms with Gasteiger partial charge in [0, 0.05) is 11.6 Å². The standard InChI is InChI=1S/C39H25N7O6/c1-44-31(23-42)35(25-13-17-27(18-14-25)37(47)50-4)29(21-40)9-6-7-11-33-39(49)52-34(46(33)3)12-8-10-30(22-41)36(32(24-43)45-2)26-15-19-28(20-16-26)38(48)51-5/h6-20,49H,3-5H3/b9-6+,11-7+,12-8+,30-10+,35-29+,36-32+. The van der Waals surface area contributed by atoms with Crippen LogP contribution in [0.2, 0.25) is 0 Å². The number of benzene rings is 2. The molecule has 0 spiro atoms. The number of esters is 2. The fraction of sp³-hybridized carbons (Fsp3) is 0.0769. The van der Waals surface area contributed by atoms with E-state index in [9.17, 15) is 35.7 Å². The Morgan fingerprint density at radius 3 is 1.90 bits per heavy atom. The molecule has 3 rings (SSSR count). The Kier molecular flexibility index (Phi) is 13.4. The van der Waals surface area contributed by atoms with Gasteiger partial charge in [-0.3, -0.25) is 0 Å². The van der Waals surface area contributed by atoms with Crippen LogP contribution in [-0.4, -0.2) is 31.3 Å². The highest BCUT2D eigenvalue weighted by Gasteiger charge is 2.22. The van der Waals surface area contributed by atoms with Crippen molar-refractivity contribution in [2.75, 3.05) is 14.2 Å². The summed E-state index contributed by atoms with van der Waals surface area (Å²) in [5, 5.41) is 49.5. The molecule has 0 atom stereocenters. The fourth-order valence-electron chi connectivity index (χ4n) is 4.58. The lowest BCUT2D eigenvalue weighted by Gasteiger charge is -2.20. The van der Waals surface area contributed by atoms with E-state index in [0.717, 1.165) is 0 Å². The predicted molar refractivity (Wildman–Crippen MR) is 185 cm³/mol. The number of carbonyl (C=O) groups excluding carboxylic acids is 2. The summed E-state index contributed by atoms with van der Waals surface area (Å²) in [6, 6.07) is 19.0. The molecule has 252 valence electrons. The molecule has 2 aromatic carbocycles. The van der Waals surface area contributed by atoms with Crippen LogP contribution in [0.1, 0.15) is 43.4 Å². The van der Waals surface area contributed by atoms with Gasteiger partial charge in [-0.05, 0) is 29.8 Å². The maximum Gasteiger partial charge on any atom is 0.376 e. The first-order valence-corrected chi connectivity index (χ1v) is 14.7. The summed E-state index contributed by atoms with van der Waals surface area (Å²) >= 11 is 0. The number of hydrogen-bond acceptors (Lipinski definition) is 10. The quantitative estimate of drug-likeness (QED) is 0.0795. The van der Waals surface area contributed by atoms with E-state index in [0.29, 0.717) is 11.1 Å². The van der Waals surface area contributed by atoms with Crippen molar-refractivity contribution in [3.63, 3.8) is 0 Å². The van der Waals surface area contributed by atoms with Gasteiger partial charge in [-0.2, -0.15) is 15.4 Å². The summed E-state index contributed by atoms with van der Waals surface area (Å²) in [5.74, 6) is -1.47. The van der Waals surface area contributed by atoms with Crippen LogP contribution < -0.4 is 4.57 Å². The third-order valence-electron chi connectivity index (χ3n) is 7.12.